The number of ether oxygens (including phenoxy) is 1. The number of carbonyl (C=O) groups excluding carboxylic acids is 1. The van der Waals surface area contributed by atoms with E-state index in [0.717, 1.165) is 87.7 Å². The fourth-order valence-corrected chi connectivity index (χ4v) is 6.03. The zero-order valence-corrected chi connectivity index (χ0v) is 20.7. The Morgan fingerprint density at radius 2 is 1.82 bits per heavy atom. The minimum absolute atomic E-state index is 0.0514. The third kappa shape index (κ3) is 4.40. The Labute approximate surface area is 198 Å². The van der Waals surface area contributed by atoms with E-state index in [1.54, 1.807) is 7.11 Å². The second-order valence-corrected chi connectivity index (χ2v) is 10.1. The van der Waals surface area contributed by atoms with E-state index in [0.29, 0.717) is 0 Å². The molecule has 2 aliphatic carbocycles. The maximum Gasteiger partial charge on any atom is 0.251 e. The Balaban J connectivity index is 1.87. The number of hydrogen-bond donors (Lipinski definition) is 2. The number of amides is 1. The molecule has 33 heavy (non-hydrogen) atoms. The molecule has 182 valence electrons. The molecule has 4 aliphatic rings. The molecule has 6 nitrogen and oxygen atoms in total. The zero-order valence-electron chi connectivity index (χ0n) is 20.7. The van der Waals surface area contributed by atoms with Gasteiger partial charge in [0.25, 0.3) is 5.91 Å². The van der Waals surface area contributed by atoms with E-state index in [1.807, 2.05) is 0 Å². The van der Waals surface area contributed by atoms with Gasteiger partial charge in [0.2, 0.25) is 0 Å². The van der Waals surface area contributed by atoms with Crippen molar-refractivity contribution < 1.29 is 14.6 Å². The molecule has 0 atom stereocenters. The summed E-state index contributed by atoms with van der Waals surface area (Å²) in [5.41, 5.74) is 12.6. The highest BCUT2D eigenvalue weighted by molar-refractivity contribution is 5.99. The van der Waals surface area contributed by atoms with E-state index in [2.05, 4.69) is 29.7 Å². The lowest BCUT2D eigenvalue weighted by atomic mass is 9.88. The first-order valence-corrected chi connectivity index (χ1v) is 12.8. The molecule has 6 heteroatoms. The molecule has 1 amide bonds. The third-order valence-corrected chi connectivity index (χ3v) is 8.04. The van der Waals surface area contributed by atoms with Crippen LogP contribution < -0.4 is 5.73 Å². The molecule has 2 heterocycles. The molecule has 3 N–H and O–H groups in total. The zero-order chi connectivity index (χ0) is 23.6. The van der Waals surface area contributed by atoms with Gasteiger partial charge >= 0.3 is 0 Å². The van der Waals surface area contributed by atoms with Crippen molar-refractivity contribution >= 4 is 5.91 Å². The molecule has 0 bridgehead atoms. The summed E-state index contributed by atoms with van der Waals surface area (Å²) in [7, 11) is 1.71. The summed E-state index contributed by atoms with van der Waals surface area (Å²) in [6.07, 6.45) is 13.3. The van der Waals surface area contributed by atoms with E-state index in [1.165, 1.54) is 35.5 Å². The van der Waals surface area contributed by atoms with Crippen molar-refractivity contribution in [3.05, 3.63) is 45.6 Å². The molecule has 0 spiro atoms. The van der Waals surface area contributed by atoms with Gasteiger partial charge in [0, 0.05) is 25.9 Å². The predicted octanol–water partition coefficient (Wildman–Crippen LogP) is 4.48. The van der Waals surface area contributed by atoms with Gasteiger partial charge in [-0.15, -0.1) is 0 Å². The molecule has 0 aromatic carbocycles. The van der Waals surface area contributed by atoms with Crippen LogP contribution in [-0.2, 0) is 9.53 Å². The van der Waals surface area contributed by atoms with E-state index in [4.69, 9.17) is 10.5 Å². The number of nitrogens with two attached hydrogens (primary N) is 1. The molecule has 1 saturated heterocycles. The maximum atomic E-state index is 12.8. The van der Waals surface area contributed by atoms with Gasteiger partial charge in [-0.3, -0.25) is 9.69 Å². The van der Waals surface area contributed by atoms with Crippen molar-refractivity contribution in [2.45, 2.75) is 90.1 Å². The Kier molecular flexibility index (Phi) is 7.34. The second kappa shape index (κ2) is 10.1. The number of likely N-dealkylation sites (tertiary alicyclic amines) is 1. The molecule has 0 aromatic heterocycles. The maximum absolute atomic E-state index is 12.8. The van der Waals surface area contributed by atoms with Gasteiger partial charge in [-0.1, -0.05) is 25.0 Å². The van der Waals surface area contributed by atoms with Gasteiger partial charge < -0.3 is 20.5 Å². The van der Waals surface area contributed by atoms with Crippen LogP contribution in [0, 0.1) is 0 Å². The lowest BCUT2D eigenvalue weighted by Gasteiger charge is -2.48. The summed E-state index contributed by atoms with van der Waals surface area (Å²) in [6.45, 7) is 6.14. The lowest BCUT2D eigenvalue weighted by Crippen LogP contribution is -2.50. The fourth-order valence-electron chi connectivity index (χ4n) is 6.03. The summed E-state index contributed by atoms with van der Waals surface area (Å²) >= 11 is 0. The minimum Gasteiger partial charge on any atom is -0.393 e. The number of fused-ring (bicyclic) bond motifs is 1. The normalized spacial score (nSPS) is 24.8. The molecule has 2 fully saturated rings. The van der Waals surface area contributed by atoms with Gasteiger partial charge in [-0.05, 0) is 82.3 Å². The third-order valence-electron chi connectivity index (χ3n) is 8.04. The molecule has 0 radical (unpaired) electrons. The summed E-state index contributed by atoms with van der Waals surface area (Å²) in [5.74, 6) is 0.955. The molecule has 0 aromatic rings. The van der Waals surface area contributed by atoms with E-state index >= 15 is 0 Å². The van der Waals surface area contributed by atoms with Crippen molar-refractivity contribution in [2.24, 2.45) is 5.73 Å². The second-order valence-electron chi connectivity index (χ2n) is 10.1. The number of rotatable bonds is 7. The van der Waals surface area contributed by atoms with Crippen molar-refractivity contribution in [3.8, 4) is 0 Å². The number of aliphatic hydroxyl groups is 1. The van der Waals surface area contributed by atoms with E-state index in [9.17, 15) is 9.90 Å². The van der Waals surface area contributed by atoms with Crippen LogP contribution in [0.5, 0.6) is 0 Å². The Morgan fingerprint density at radius 1 is 1.12 bits per heavy atom. The first-order chi connectivity index (χ1) is 16.0. The Bertz CT molecular complexity index is 898. The Hall–Kier alpha value is -2.05. The van der Waals surface area contributed by atoms with Gasteiger partial charge in [0.05, 0.1) is 23.5 Å². The largest absolute Gasteiger partial charge is 0.393 e. The molecule has 4 rings (SSSR count). The summed E-state index contributed by atoms with van der Waals surface area (Å²) in [5, 5.41) is 9.97. The van der Waals surface area contributed by atoms with Crippen molar-refractivity contribution in [3.63, 3.8) is 0 Å². The van der Waals surface area contributed by atoms with Crippen LogP contribution in [0.1, 0.15) is 84.5 Å². The highest BCUT2D eigenvalue weighted by atomic mass is 16.5. The summed E-state index contributed by atoms with van der Waals surface area (Å²) < 4.78 is 5.74. The Morgan fingerprint density at radius 3 is 2.42 bits per heavy atom. The molecular formula is C27H41N3O3. The fraction of sp³-hybridized carbons (Fsp3) is 0.667. The number of carbonyl (C=O) groups is 1. The average Bonchev–Trinajstić information content (AvgIpc) is 3.31. The minimum atomic E-state index is -0.450. The van der Waals surface area contributed by atoms with Crippen LogP contribution in [0.4, 0.5) is 0 Å². The number of methoxy groups -OCH3 is 1. The molecule has 2 aliphatic heterocycles. The molecule has 0 unspecified atom stereocenters. The summed E-state index contributed by atoms with van der Waals surface area (Å²) in [4.78, 5) is 17.7. The predicted molar refractivity (Wildman–Crippen MR) is 131 cm³/mol. The van der Waals surface area contributed by atoms with Crippen molar-refractivity contribution in [1.82, 2.24) is 9.80 Å². The smallest absolute Gasteiger partial charge is 0.251 e. The lowest BCUT2D eigenvalue weighted by molar-refractivity contribution is -0.114. The first-order valence-electron chi connectivity index (χ1n) is 12.8. The number of piperidine rings is 1. The number of allylic oxidation sites excluding steroid dienone is 5. The van der Waals surface area contributed by atoms with Crippen LogP contribution in [0.3, 0.4) is 0 Å². The van der Waals surface area contributed by atoms with Gasteiger partial charge in [-0.2, -0.15) is 0 Å². The van der Waals surface area contributed by atoms with Crippen LogP contribution in [0.25, 0.3) is 0 Å². The van der Waals surface area contributed by atoms with Crippen LogP contribution in [0.15, 0.2) is 45.6 Å². The molecular weight excluding hydrogens is 414 g/mol. The highest BCUT2D eigenvalue weighted by Crippen LogP contribution is 2.48. The van der Waals surface area contributed by atoms with Gasteiger partial charge in [0.1, 0.15) is 5.82 Å². The summed E-state index contributed by atoms with van der Waals surface area (Å²) in [6, 6.07) is 0. The average molecular weight is 456 g/mol. The van der Waals surface area contributed by atoms with Gasteiger partial charge in [0.15, 0.2) is 0 Å². The van der Waals surface area contributed by atoms with Crippen LogP contribution >= 0.6 is 0 Å². The quantitative estimate of drug-likeness (QED) is 0.592. The van der Waals surface area contributed by atoms with Crippen LogP contribution in [0.2, 0.25) is 0 Å². The topological polar surface area (TPSA) is 79.0 Å². The number of nitrogens with zero attached hydrogens (tertiary/aromatic N) is 2. The van der Waals surface area contributed by atoms with Gasteiger partial charge in [-0.25, -0.2) is 0 Å². The molecule has 1 saturated carbocycles. The standard InChI is InChI=1S/C27H41N3O3/c1-4-5-12-23-24(25(28)32)20-10-8-11-21(20)26(30(23)22-13-7-6-9-19(22)2)29-16-14-27(18-31,33-3)15-17-29/h12,31H,4-11,13-18H2,1-3H3,(H2,28,32)/b23-12+. The van der Waals surface area contributed by atoms with Crippen LogP contribution in [-0.4, -0.2) is 53.2 Å². The number of unbranched alkanes of at least 4 members (excludes halogenated alkanes) is 1. The monoisotopic (exact) mass is 455 g/mol. The number of aliphatic hydroxyl groups excluding tert-OH is 1. The van der Waals surface area contributed by atoms with Crippen molar-refractivity contribution in [2.75, 3.05) is 26.8 Å². The number of primary amides is 1. The SMILES string of the molecule is CCC/C=C1\C(C(N)=O)=C2CCCC2=C(N2CCC(CO)(OC)CC2)N1C1=C(C)CCCC1. The van der Waals surface area contributed by atoms with E-state index < -0.39 is 5.60 Å². The number of hydrogen-bond acceptors (Lipinski definition) is 5. The van der Waals surface area contributed by atoms with E-state index in [-0.39, 0.29) is 12.5 Å². The first kappa shape index (κ1) is 24.1. The highest BCUT2D eigenvalue weighted by Gasteiger charge is 2.42. The van der Waals surface area contributed by atoms with Crippen molar-refractivity contribution in [1.29, 1.82) is 0 Å².